The van der Waals surface area contributed by atoms with Crippen LogP contribution in [-0.2, 0) is 0 Å². The van der Waals surface area contributed by atoms with Crippen molar-refractivity contribution in [2.24, 2.45) is 5.73 Å². The van der Waals surface area contributed by atoms with Crippen LogP contribution in [0.25, 0.3) is 0 Å². The lowest BCUT2D eigenvalue weighted by molar-refractivity contribution is -0.274. The Morgan fingerprint density at radius 3 is 2.52 bits per heavy atom. The lowest BCUT2D eigenvalue weighted by Crippen LogP contribution is -2.38. The van der Waals surface area contributed by atoms with Crippen LogP contribution in [0.5, 0.6) is 5.75 Å². The van der Waals surface area contributed by atoms with Crippen molar-refractivity contribution in [3.63, 3.8) is 0 Å². The summed E-state index contributed by atoms with van der Waals surface area (Å²) in [7, 11) is 0. The lowest BCUT2D eigenvalue weighted by atomic mass is 9.98. The molecule has 0 unspecified atom stereocenters. The van der Waals surface area contributed by atoms with Crippen molar-refractivity contribution in [3.8, 4) is 5.75 Å². The molecule has 3 N–H and O–H groups in total. The average Bonchev–Trinajstić information content (AvgIpc) is 3.11. The lowest BCUT2D eigenvalue weighted by Gasteiger charge is -2.35. The van der Waals surface area contributed by atoms with Crippen LogP contribution in [0.4, 0.5) is 13.2 Å². The Morgan fingerprint density at radius 1 is 1.22 bits per heavy atom. The molecule has 0 bridgehead atoms. The van der Waals surface area contributed by atoms with Crippen LogP contribution in [0.2, 0.25) is 0 Å². The number of benzene rings is 1. The fourth-order valence-electron chi connectivity index (χ4n) is 3.10. The Labute approximate surface area is 152 Å². The van der Waals surface area contributed by atoms with Crippen molar-refractivity contribution >= 4 is 11.8 Å². The van der Waals surface area contributed by atoms with Crippen LogP contribution in [0, 0.1) is 0 Å². The van der Waals surface area contributed by atoms with E-state index in [1.807, 2.05) is 0 Å². The molecule has 1 fully saturated rings. The van der Waals surface area contributed by atoms with Crippen molar-refractivity contribution in [1.82, 2.24) is 15.1 Å². The predicted octanol–water partition coefficient (Wildman–Crippen LogP) is 2.77. The molecule has 1 aliphatic rings. The van der Waals surface area contributed by atoms with Crippen LogP contribution >= 0.6 is 0 Å². The monoisotopic (exact) mass is 382 g/mol. The van der Waals surface area contributed by atoms with E-state index in [2.05, 4.69) is 14.9 Å². The number of aromatic amines is 1. The molecule has 1 atom stereocenters. The average molecular weight is 382 g/mol. The summed E-state index contributed by atoms with van der Waals surface area (Å²) in [5.41, 5.74) is 6.12. The summed E-state index contributed by atoms with van der Waals surface area (Å²) in [6, 6.07) is 5.97. The number of aromatic nitrogens is 2. The van der Waals surface area contributed by atoms with E-state index < -0.39 is 18.0 Å². The number of nitrogens with two attached hydrogens (primary N) is 1. The van der Waals surface area contributed by atoms with Gasteiger partial charge in [-0.1, -0.05) is 0 Å². The summed E-state index contributed by atoms with van der Waals surface area (Å²) in [5.74, 6) is -1.39. The number of nitrogens with one attached hydrogen (secondary N) is 1. The molecule has 2 amide bonds. The quantitative estimate of drug-likeness (QED) is 0.849. The second kappa shape index (κ2) is 7.29. The second-order valence-electron chi connectivity index (χ2n) is 6.16. The maximum atomic E-state index is 12.9. The number of rotatable bonds is 4. The van der Waals surface area contributed by atoms with E-state index >= 15 is 0 Å². The van der Waals surface area contributed by atoms with Crippen molar-refractivity contribution in [3.05, 3.63) is 47.3 Å². The molecule has 2 aromatic rings. The smallest absolute Gasteiger partial charge is 0.406 e. The largest absolute Gasteiger partial charge is 0.573 e. The Bertz CT molecular complexity index is 833. The second-order valence-corrected chi connectivity index (χ2v) is 6.16. The molecule has 0 spiro atoms. The van der Waals surface area contributed by atoms with Gasteiger partial charge in [-0.15, -0.1) is 13.2 Å². The number of amides is 2. The fraction of sp³-hybridized carbons (Fsp3) is 0.353. The molecule has 0 saturated carbocycles. The van der Waals surface area contributed by atoms with E-state index in [1.165, 1.54) is 18.2 Å². The minimum absolute atomic E-state index is 0.0802. The van der Waals surface area contributed by atoms with Gasteiger partial charge >= 0.3 is 6.36 Å². The van der Waals surface area contributed by atoms with E-state index in [1.54, 1.807) is 4.90 Å². The first-order valence-electron chi connectivity index (χ1n) is 8.26. The molecule has 7 nitrogen and oxygen atoms in total. The summed E-state index contributed by atoms with van der Waals surface area (Å²) in [4.78, 5) is 25.7. The third kappa shape index (κ3) is 4.39. The third-order valence-corrected chi connectivity index (χ3v) is 4.31. The molecule has 0 aliphatic carbocycles. The van der Waals surface area contributed by atoms with Gasteiger partial charge in [0.2, 0.25) is 0 Å². The molecule has 1 saturated heterocycles. The standard InChI is InChI=1S/C17H17F3N4O3/c18-17(19,20)27-11-6-4-10(5-7-11)16(26)24-8-2-1-3-14(24)12-9-13(15(21)25)23-22-12/h4-7,9,14H,1-3,8H2,(H2,21,25)(H,22,23)/t14-/m0/s1. The van der Waals surface area contributed by atoms with Crippen LogP contribution in [-0.4, -0.2) is 39.8 Å². The maximum Gasteiger partial charge on any atom is 0.573 e. The Kier molecular flexibility index (Phi) is 5.06. The number of halogens is 3. The summed E-state index contributed by atoms with van der Waals surface area (Å²) >= 11 is 0. The molecule has 1 aromatic carbocycles. The third-order valence-electron chi connectivity index (χ3n) is 4.31. The molecule has 1 aliphatic heterocycles. The van der Waals surface area contributed by atoms with Gasteiger partial charge in [-0.25, -0.2) is 0 Å². The zero-order valence-electron chi connectivity index (χ0n) is 14.1. The number of hydrogen-bond donors (Lipinski definition) is 2. The summed E-state index contributed by atoms with van der Waals surface area (Å²) in [6.07, 6.45) is -2.43. The normalized spacial score (nSPS) is 17.6. The number of H-pyrrole nitrogens is 1. The highest BCUT2D eigenvalue weighted by molar-refractivity contribution is 5.95. The van der Waals surface area contributed by atoms with Gasteiger partial charge in [-0.2, -0.15) is 5.10 Å². The Hall–Kier alpha value is -3.04. The highest BCUT2D eigenvalue weighted by Crippen LogP contribution is 2.32. The summed E-state index contributed by atoms with van der Waals surface area (Å²) in [5, 5.41) is 6.58. The predicted molar refractivity (Wildman–Crippen MR) is 87.9 cm³/mol. The minimum Gasteiger partial charge on any atom is -0.406 e. The number of primary amides is 1. The summed E-state index contributed by atoms with van der Waals surface area (Å²) in [6.45, 7) is 0.481. The minimum atomic E-state index is -4.79. The number of carbonyl (C=O) groups is 2. The number of ether oxygens (including phenoxy) is 1. The van der Waals surface area contributed by atoms with Gasteiger partial charge in [0.05, 0.1) is 11.7 Å². The van der Waals surface area contributed by atoms with Crippen LogP contribution < -0.4 is 10.5 Å². The van der Waals surface area contributed by atoms with Crippen molar-refractivity contribution in [2.75, 3.05) is 6.54 Å². The fourth-order valence-corrected chi connectivity index (χ4v) is 3.10. The number of nitrogens with zero attached hydrogens (tertiary/aromatic N) is 2. The molecule has 0 radical (unpaired) electrons. The highest BCUT2D eigenvalue weighted by Gasteiger charge is 2.32. The molecular formula is C17H17F3N4O3. The van der Waals surface area contributed by atoms with Gasteiger partial charge in [-0.3, -0.25) is 14.7 Å². The van der Waals surface area contributed by atoms with Gasteiger partial charge in [0.15, 0.2) is 0 Å². The zero-order chi connectivity index (χ0) is 19.6. The van der Waals surface area contributed by atoms with Crippen LogP contribution in [0.15, 0.2) is 30.3 Å². The van der Waals surface area contributed by atoms with Gasteiger partial charge in [0.25, 0.3) is 11.8 Å². The van der Waals surface area contributed by atoms with E-state index in [9.17, 15) is 22.8 Å². The van der Waals surface area contributed by atoms with Crippen LogP contribution in [0.3, 0.4) is 0 Å². The number of alkyl halides is 3. The van der Waals surface area contributed by atoms with Gasteiger partial charge in [-0.05, 0) is 49.6 Å². The van der Waals surface area contributed by atoms with Crippen molar-refractivity contribution in [1.29, 1.82) is 0 Å². The molecule has 27 heavy (non-hydrogen) atoms. The first-order valence-corrected chi connectivity index (χ1v) is 8.26. The Balaban J connectivity index is 1.79. The number of likely N-dealkylation sites (tertiary alicyclic amines) is 1. The van der Waals surface area contributed by atoms with Gasteiger partial charge in [0.1, 0.15) is 11.4 Å². The van der Waals surface area contributed by atoms with E-state index in [0.717, 1.165) is 25.0 Å². The zero-order valence-corrected chi connectivity index (χ0v) is 14.1. The molecule has 1 aromatic heterocycles. The number of carbonyl (C=O) groups excluding carboxylic acids is 2. The first-order chi connectivity index (χ1) is 12.7. The SMILES string of the molecule is NC(=O)c1cc([C@@H]2CCCCN2C(=O)c2ccc(OC(F)(F)F)cc2)[nH]n1. The molecule has 144 valence electrons. The molecule has 2 heterocycles. The summed E-state index contributed by atoms with van der Waals surface area (Å²) < 4.78 is 40.6. The van der Waals surface area contributed by atoms with Crippen molar-refractivity contribution in [2.45, 2.75) is 31.7 Å². The molecular weight excluding hydrogens is 365 g/mol. The van der Waals surface area contributed by atoms with Crippen molar-refractivity contribution < 1.29 is 27.5 Å². The first kappa shape index (κ1) is 18.7. The van der Waals surface area contributed by atoms with Crippen LogP contribution in [0.1, 0.15) is 51.8 Å². The Morgan fingerprint density at radius 2 is 1.93 bits per heavy atom. The van der Waals surface area contributed by atoms with E-state index in [4.69, 9.17) is 5.73 Å². The number of piperidine rings is 1. The maximum absolute atomic E-state index is 12.9. The topological polar surface area (TPSA) is 101 Å². The molecule has 3 rings (SSSR count). The van der Waals surface area contributed by atoms with Gasteiger partial charge in [0, 0.05) is 12.1 Å². The van der Waals surface area contributed by atoms with E-state index in [-0.39, 0.29) is 23.2 Å². The highest BCUT2D eigenvalue weighted by atomic mass is 19.4. The molecule has 10 heteroatoms. The van der Waals surface area contributed by atoms with E-state index in [0.29, 0.717) is 18.7 Å². The van der Waals surface area contributed by atoms with Gasteiger partial charge < -0.3 is 15.4 Å². The number of hydrogen-bond acceptors (Lipinski definition) is 4.